The second-order valence-corrected chi connectivity index (χ2v) is 8.45. The molecule has 0 radical (unpaired) electrons. The number of pyridine rings is 1. The summed E-state index contributed by atoms with van der Waals surface area (Å²) in [7, 11) is 0. The first kappa shape index (κ1) is 23.4. The van der Waals surface area contributed by atoms with Crippen molar-refractivity contribution in [3.8, 4) is 11.8 Å². The second kappa shape index (κ2) is 11.4. The molecule has 5 heteroatoms. The number of nitrogens with one attached hydrogen (secondary N) is 1. The van der Waals surface area contributed by atoms with Gasteiger partial charge in [-0.15, -0.1) is 0 Å². The van der Waals surface area contributed by atoms with Crippen LogP contribution in [0, 0.1) is 11.3 Å². The minimum Gasteiger partial charge on any atom is -0.475 e. The third-order valence-electron chi connectivity index (χ3n) is 5.43. The van der Waals surface area contributed by atoms with Crippen molar-refractivity contribution in [1.29, 1.82) is 5.26 Å². The lowest BCUT2D eigenvalue weighted by Crippen LogP contribution is -2.15. The van der Waals surface area contributed by atoms with Gasteiger partial charge >= 0.3 is 0 Å². The molecule has 1 atom stereocenters. The Kier molecular flexibility index (Phi) is 7.80. The number of para-hydroxylation sites is 1. The van der Waals surface area contributed by atoms with Crippen LogP contribution in [0.15, 0.2) is 78.9 Å². The summed E-state index contributed by atoms with van der Waals surface area (Å²) in [4.78, 5) is 4.68. The van der Waals surface area contributed by atoms with Crippen molar-refractivity contribution >= 4 is 40.3 Å². The van der Waals surface area contributed by atoms with Gasteiger partial charge in [-0.2, -0.15) is 5.26 Å². The SMILES string of the molecule is CCCC(C#N)Oc1ccccc1CNc1cccc(/C=C/c2ccc3ccc(Cl)cc3n2)c1. The quantitative estimate of drug-likeness (QED) is 0.273. The second-order valence-electron chi connectivity index (χ2n) is 8.02. The molecule has 0 aliphatic heterocycles. The first-order valence-corrected chi connectivity index (χ1v) is 11.7. The maximum absolute atomic E-state index is 9.34. The number of nitriles is 1. The molecule has 4 rings (SSSR count). The van der Waals surface area contributed by atoms with Crippen molar-refractivity contribution in [3.05, 3.63) is 101 Å². The zero-order valence-corrected chi connectivity index (χ0v) is 19.8. The van der Waals surface area contributed by atoms with E-state index in [2.05, 4.69) is 28.5 Å². The molecule has 1 heterocycles. The van der Waals surface area contributed by atoms with Crippen LogP contribution < -0.4 is 10.1 Å². The summed E-state index contributed by atoms with van der Waals surface area (Å²) in [6, 6.07) is 28.0. The lowest BCUT2D eigenvalue weighted by Gasteiger charge is -2.16. The predicted octanol–water partition coefficient (Wildman–Crippen LogP) is 7.74. The van der Waals surface area contributed by atoms with Gasteiger partial charge in [0.2, 0.25) is 0 Å². The van der Waals surface area contributed by atoms with Crippen LogP contribution in [0.2, 0.25) is 5.02 Å². The van der Waals surface area contributed by atoms with Gasteiger partial charge in [0.15, 0.2) is 6.10 Å². The highest BCUT2D eigenvalue weighted by molar-refractivity contribution is 6.31. The van der Waals surface area contributed by atoms with Crippen molar-refractivity contribution in [3.63, 3.8) is 0 Å². The number of aromatic nitrogens is 1. The molecule has 0 bridgehead atoms. The molecule has 0 saturated heterocycles. The van der Waals surface area contributed by atoms with Gasteiger partial charge in [0, 0.05) is 28.2 Å². The van der Waals surface area contributed by atoms with Gasteiger partial charge in [-0.25, -0.2) is 4.98 Å². The maximum atomic E-state index is 9.34. The first-order valence-electron chi connectivity index (χ1n) is 11.4. The Morgan fingerprint density at radius 1 is 1.03 bits per heavy atom. The summed E-state index contributed by atoms with van der Waals surface area (Å²) in [5.74, 6) is 0.744. The minimum atomic E-state index is -0.431. The van der Waals surface area contributed by atoms with Crippen molar-refractivity contribution < 1.29 is 4.74 Å². The first-order chi connectivity index (χ1) is 16.6. The Labute approximate surface area is 205 Å². The van der Waals surface area contributed by atoms with Crippen LogP contribution in [0.3, 0.4) is 0 Å². The monoisotopic (exact) mass is 467 g/mol. The molecule has 1 aromatic heterocycles. The van der Waals surface area contributed by atoms with Crippen LogP contribution in [0.5, 0.6) is 5.75 Å². The molecule has 1 unspecified atom stereocenters. The van der Waals surface area contributed by atoms with Gasteiger partial charge < -0.3 is 10.1 Å². The number of nitrogens with zero attached hydrogens (tertiary/aromatic N) is 2. The molecule has 4 nitrogen and oxygen atoms in total. The van der Waals surface area contributed by atoms with E-state index < -0.39 is 6.10 Å². The van der Waals surface area contributed by atoms with E-state index in [1.54, 1.807) is 0 Å². The molecule has 0 aliphatic rings. The van der Waals surface area contributed by atoms with E-state index in [1.807, 2.05) is 85.8 Å². The number of fused-ring (bicyclic) bond motifs is 1. The van der Waals surface area contributed by atoms with Crippen LogP contribution >= 0.6 is 11.6 Å². The molecular formula is C29H26ClN3O. The molecule has 0 aliphatic carbocycles. The number of hydrogen-bond donors (Lipinski definition) is 1. The molecule has 0 spiro atoms. The molecule has 34 heavy (non-hydrogen) atoms. The van der Waals surface area contributed by atoms with E-state index in [4.69, 9.17) is 16.3 Å². The third kappa shape index (κ3) is 6.15. The molecule has 0 fully saturated rings. The molecule has 3 aromatic carbocycles. The van der Waals surface area contributed by atoms with Crippen molar-refractivity contribution in [2.45, 2.75) is 32.4 Å². The van der Waals surface area contributed by atoms with Gasteiger partial charge in [0.1, 0.15) is 11.8 Å². The average molecular weight is 468 g/mol. The summed E-state index contributed by atoms with van der Waals surface area (Å²) < 4.78 is 5.95. The topological polar surface area (TPSA) is 57.9 Å². The average Bonchev–Trinajstić information content (AvgIpc) is 2.86. The lowest BCUT2D eigenvalue weighted by atomic mass is 10.1. The van der Waals surface area contributed by atoms with Crippen LogP contribution in [0.4, 0.5) is 5.69 Å². The Bertz CT molecular complexity index is 1340. The van der Waals surface area contributed by atoms with Crippen LogP contribution in [0.1, 0.15) is 36.6 Å². The lowest BCUT2D eigenvalue weighted by molar-refractivity contribution is 0.242. The van der Waals surface area contributed by atoms with Gasteiger partial charge in [-0.05, 0) is 54.5 Å². The molecule has 1 N–H and O–H groups in total. The zero-order valence-electron chi connectivity index (χ0n) is 19.0. The van der Waals surface area contributed by atoms with Crippen LogP contribution in [-0.2, 0) is 6.54 Å². The molecule has 170 valence electrons. The van der Waals surface area contributed by atoms with Gasteiger partial charge in [0.25, 0.3) is 0 Å². The van der Waals surface area contributed by atoms with Crippen molar-refractivity contribution in [2.24, 2.45) is 0 Å². The van der Waals surface area contributed by atoms with Gasteiger partial charge in [-0.3, -0.25) is 0 Å². The zero-order chi connectivity index (χ0) is 23.8. The smallest absolute Gasteiger partial charge is 0.184 e. The third-order valence-corrected chi connectivity index (χ3v) is 5.66. The van der Waals surface area contributed by atoms with Crippen molar-refractivity contribution in [1.82, 2.24) is 4.98 Å². The van der Waals surface area contributed by atoms with Gasteiger partial charge in [0.05, 0.1) is 11.2 Å². The Morgan fingerprint density at radius 2 is 1.88 bits per heavy atom. The molecular weight excluding hydrogens is 442 g/mol. The number of hydrogen-bond acceptors (Lipinski definition) is 4. The maximum Gasteiger partial charge on any atom is 0.184 e. The van der Waals surface area contributed by atoms with E-state index in [0.717, 1.165) is 45.6 Å². The number of rotatable bonds is 9. The summed E-state index contributed by atoms with van der Waals surface area (Å²) in [5, 5.41) is 14.5. The van der Waals surface area contributed by atoms with Crippen molar-refractivity contribution in [2.75, 3.05) is 5.32 Å². The fraction of sp³-hybridized carbons (Fsp3) is 0.172. The Hall–Kier alpha value is -3.81. The Balaban J connectivity index is 1.44. The predicted molar refractivity (Wildman–Crippen MR) is 141 cm³/mol. The number of anilines is 1. The summed E-state index contributed by atoms with van der Waals surface area (Å²) in [6.07, 6.45) is 5.23. The van der Waals surface area contributed by atoms with Gasteiger partial charge in [-0.1, -0.05) is 73.5 Å². The molecule has 4 aromatic rings. The largest absolute Gasteiger partial charge is 0.475 e. The van der Waals surface area contributed by atoms with Crippen LogP contribution in [0.25, 0.3) is 23.1 Å². The summed E-state index contributed by atoms with van der Waals surface area (Å²) in [5.41, 5.74) is 4.83. The normalized spacial score (nSPS) is 11.9. The summed E-state index contributed by atoms with van der Waals surface area (Å²) in [6.45, 7) is 2.65. The number of benzene rings is 3. The summed E-state index contributed by atoms with van der Waals surface area (Å²) >= 11 is 6.10. The minimum absolute atomic E-state index is 0.431. The highest BCUT2D eigenvalue weighted by atomic mass is 35.5. The van der Waals surface area contributed by atoms with E-state index >= 15 is 0 Å². The fourth-order valence-corrected chi connectivity index (χ4v) is 3.83. The van der Waals surface area contributed by atoms with E-state index in [-0.39, 0.29) is 0 Å². The van der Waals surface area contributed by atoms with E-state index in [0.29, 0.717) is 18.0 Å². The number of halogens is 1. The number of ether oxygens (including phenoxy) is 1. The van der Waals surface area contributed by atoms with E-state index in [1.165, 1.54) is 0 Å². The molecule has 0 amide bonds. The fourth-order valence-electron chi connectivity index (χ4n) is 3.66. The standard InChI is InChI=1S/C29H26ClN3O/c1-2-6-27(19-31)34-29-10-4-3-8-23(29)20-32-26-9-5-7-21(17-26)11-15-25-16-13-22-12-14-24(30)18-28(22)33-25/h3-5,7-18,27,32H,2,6,20H2,1H3/b15-11+. The highest BCUT2D eigenvalue weighted by Gasteiger charge is 2.11. The van der Waals surface area contributed by atoms with E-state index in [9.17, 15) is 5.26 Å². The highest BCUT2D eigenvalue weighted by Crippen LogP contribution is 2.23. The Morgan fingerprint density at radius 3 is 2.74 bits per heavy atom. The molecule has 0 saturated carbocycles. The van der Waals surface area contributed by atoms with Crippen LogP contribution in [-0.4, -0.2) is 11.1 Å².